The maximum atomic E-state index is 12.1. The Labute approximate surface area is 253 Å². The van der Waals surface area contributed by atoms with Crippen molar-refractivity contribution in [2.24, 2.45) is 41.4 Å². The molecule has 2 rings (SSSR count). The minimum atomic E-state index is -3.55. The number of fused-ring (bicyclic) bond motifs is 2. The van der Waals surface area contributed by atoms with Gasteiger partial charge in [0.15, 0.2) is 8.32 Å². The van der Waals surface area contributed by atoms with Crippen LogP contribution in [0.2, 0.25) is 43.3 Å². The Morgan fingerprint density at radius 2 is 1.45 bits per heavy atom. The van der Waals surface area contributed by atoms with Crippen molar-refractivity contribution in [1.29, 1.82) is 0 Å². The molecule has 2 aliphatic rings. The second-order valence-electron chi connectivity index (χ2n) is 14.7. The van der Waals surface area contributed by atoms with Gasteiger partial charge < -0.3 is 30.5 Å². The standard InChI is InChI=1S/C28H62O7Si5/c1-22(2)18-36(29)32-40(31-9,21-25(7)8)34-37(19-23(3)4)33-39(30,20-24(5)6)35-38(10,11)15-14-28-17-26-12-13-27(28)16-26/h12-13,22-30,36-37H,14-21H2,1-11H3. The fraction of sp³-hybridized carbons (Fsp3) is 0.929. The second-order valence-corrected chi connectivity index (χ2v) is 29.1. The summed E-state index contributed by atoms with van der Waals surface area (Å²) in [5.41, 5.74) is 0. The molecule has 0 saturated heterocycles. The predicted octanol–water partition coefficient (Wildman–Crippen LogP) is 6.43. The number of hydrogen-bond donors (Lipinski definition) is 2. The van der Waals surface area contributed by atoms with E-state index in [2.05, 4.69) is 80.6 Å². The molecule has 0 aromatic heterocycles. The molecule has 1 saturated carbocycles. The van der Waals surface area contributed by atoms with Gasteiger partial charge >= 0.3 is 36.2 Å². The van der Waals surface area contributed by atoms with E-state index >= 15 is 0 Å². The highest BCUT2D eigenvalue weighted by Gasteiger charge is 2.51. The first-order chi connectivity index (χ1) is 18.5. The monoisotopic (exact) mass is 650 g/mol. The summed E-state index contributed by atoms with van der Waals surface area (Å²) in [6.45, 7) is 21.4. The molecule has 236 valence electrons. The van der Waals surface area contributed by atoms with Crippen LogP contribution in [0.1, 0.15) is 74.7 Å². The molecule has 0 aromatic rings. The quantitative estimate of drug-likeness (QED) is 0.116. The van der Waals surface area contributed by atoms with E-state index in [4.69, 9.17) is 20.9 Å². The average Bonchev–Trinajstić information content (AvgIpc) is 3.38. The van der Waals surface area contributed by atoms with Crippen molar-refractivity contribution < 1.29 is 30.5 Å². The van der Waals surface area contributed by atoms with Crippen LogP contribution in [0.5, 0.6) is 0 Å². The molecular formula is C28H62O7Si5. The maximum Gasteiger partial charge on any atom is 0.482 e. The lowest BCUT2D eigenvalue weighted by atomic mass is 9.91. The summed E-state index contributed by atoms with van der Waals surface area (Å²) < 4.78 is 32.8. The van der Waals surface area contributed by atoms with Crippen molar-refractivity contribution >= 4 is 44.5 Å². The predicted molar refractivity (Wildman–Crippen MR) is 176 cm³/mol. The molecule has 0 radical (unpaired) electrons. The van der Waals surface area contributed by atoms with Crippen molar-refractivity contribution in [3.63, 3.8) is 0 Å². The van der Waals surface area contributed by atoms with E-state index in [-0.39, 0.29) is 11.8 Å². The first kappa shape index (κ1) is 36.7. The third kappa shape index (κ3) is 12.6. The Morgan fingerprint density at radius 3 is 1.93 bits per heavy atom. The molecule has 12 heteroatoms. The molecule has 7 nitrogen and oxygen atoms in total. The molecular weight excluding hydrogens is 589 g/mol. The second kappa shape index (κ2) is 16.0. The van der Waals surface area contributed by atoms with Crippen LogP contribution in [-0.4, -0.2) is 61.2 Å². The van der Waals surface area contributed by atoms with Gasteiger partial charge in [-0.25, -0.2) is 0 Å². The molecule has 1 fully saturated rings. The molecule has 2 bridgehead atoms. The molecule has 0 spiro atoms. The van der Waals surface area contributed by atoms with E-state index in [1.54, 1.807) is 7.11 Å². The molecule has 7 atom stereocenters. The van der Waals surface area contributed by atoms with Crippen LogP contribution in [0.15, 0.2) is 12.2 Å². The van der Waals surface area contributed by atoms with Gasteiger partial charge in [0.1, 0.15) is 0 Å². The lowest BCUT2D eigenvalue weighted by Crippen LogP contribution is -2.59. The van der Waals surface area contributed by atoms with Crippen LogP contribution in [0, 0.1) is 41.4 Å². The molecule has 0 heterocycles. The summed E-state index contributed by atoms with van der Waals surface area (Å²) in [7, 11) is -12.3. The van der Waals surface area contributed by atoms with Crippen LogP contribution >= 0.6 is 0 Å². The summed E-state index contributed by atoms with van der Waals surface area (Å²) in [5, 5.41) is 0. The maximum absolute atomic E-state index is 12.1. The lowest BCUT2D eigenvalue weighted by molar-refractivity contribution is 0.156. The summed E-state index contributed by atoms with van der Waals surface area (Å²) in [6.07, 6.45) is 8.62. The van der Waals surface area contributed by atoms with Crippen molar-refractivity contribution in [2.45, 2.75) is 118 Å². The van der Waals surface area contributed by atoms with E-state index in [1.165, 1.54) is 19.3 Å². The van der Waals surface area contributed by atoms with E-state index in [1.807, 2.05) is 0 Å². The highest BCUT2D eigenvalue weighted by atomic mass is 28.5. The molecule has 0 aromatic carbocycles. The Hall–Kier alpha value is 0.544. The summed E-state index contributed by atoms with van der Waals surface area (Å²) in [6, 6.07) is 3.52. The SMILES string of the molecule is CO[Si](CC(C)C)(O[SiH](O)CC(C)C)O[SiH](CC(C)C)O[Si](O)(CC(C)C)O[Si](C)(C)CCC1CC2C=CC1C2. The van der Waals surface area contributed by atoms with Crippen molar-refractivity contribution in [3.8, 4) is 0 Å². The van der Waals surface area contributed by atoms with Gasteiger partial charge in [-0.1, -0.05) is 74.0 Å². The summed E-state index contributed by atoms with van der Waals surface area (Å²) in [4.78, 5) is 23.0. The minimum absolute atomic E-state index is 0.238. The molecule has 40 heavy (non-hydrogen) atoms. The normalized spacial score (nSPS) is 25.8. The zero-order valence-electron chi connectivity index (χ0n) is 27.4. The smallest absolute Gasteiger partial charge is 0.416 e. The van der Waals surface area contributed by atoms with E-state index in [9.17, 15) is 9.59 Å². The van der Waals surface area contributed by atoms with E-state index in [0.29, 0.717) is 30.0 Å². The topological polar surface area (TPSA) is 86.6 Å². The number of hydrogen-bond acceptors (Lipinski definition) is 7. The van der Waals surface area contributed by atoms with Gasteiger partial charge in [-0.3, -0.25) is 0 Å². The van der Waals surface area contributed by atoms with Crippen molar-refractivity contribution in [2.75, 3.05) is 7.11 Å². The first-order valence-corrected chi connectivity index (χ1v) is 26.4. The number of rotatable bonds is 20. The fourth-order valence-corrected chi connectivity index (χ4v) is 25.2. The fourth-order valence-electron chi connectivity index (χ4n) is 6.25. The highest BCUT2D eigenvalue weighted by molar-refractivity contribution is 6.83. The third-order valence-electron chi connectivity index (χ3n) is 7.88. The molecule has 0 aliphatic heterocycles. The van der Waals surface area contributed by atoms with Gasteiger partial charge in [0.05, 0.1) is 0 Å². The Morgan fingerprint density at radius 1 is 0.825 bits per heavy atom. The summed E-state index contributed by atoms with van der Waals surface area (Å²) in [5.74, 6) is 3.43. The number of allylic oxidation sites excluding steroid dienone is 2. The zero-order chi connectivity index (χ0) is 30.3. The van der Waals surface area contributed by atoms with Gasteiger partial charge in [0, 0.05) is 19.2 Å². The van der Waals surface area contributed by atoms with Crippen LogP contribution in [0.3, 0.4) is 0 Å². The Kier molecular flexibility index (Phi) is 14.7. The molecule has 2 aliphatic carbocycles. The van der Waals surface area contributed by atoms with Gasteiger partial charge in [0.2, 0.25) is 0 Å². The molecule has 7 unspecified atom stereocenters. The average molecular weight is 651 g/mol. The summed E-state index contributed by atoms with van der Waals surface area (Å²) >= 11 is 0. The molecule has 2 N–H and O–H groups in total. The van der Waals surface area contributed by atoms with Crippen LogP contribution in [0.25, 0.3) is 0 Å². The van der Waals surface area contributed by atoms with Crippen molar-refractivity contribution in [3.05, 3.63) is 12.2 Å². The van der Waals surface area contributed by atoms with Crippen LogP contribution in [0.4, 0.5) is 0 Å². The van der Waals surface area contributed by atoms with E-state index in [0.717, 1.165) is 29.8 Å². The first-order valence-electron chi connectivity index (χ1n) is 15.8. The minimum Gasteiger partial charge on any atom is -0.416 e. The van der Waals surface area contributed by atoms with Crippen LogP contribution < -0.4 is 0 Å². The van der Waals surface area contributed by atoms with Gasteiger partial charge in [0.25, 0.3) is 0 Å². The van der Waals surface area contributed by atoms with Crippen LogP contribution in [-0.2, 0) is 20.9 Å². The highest BCUT2D eigenvalue weighted by Crippen LogP contribution is 2.46. The van der Waals surface area contributed by atoms with E-state index < -0.39 is 44.5 Å². The Balaban J connectivity index is 2.23. The Bertz CT molecular complexity index is 784. The van der Waals surface area contributed by atoms with Gasteiger partial charge in [-0.15, -0.1) is 0 Å². The zero-order valence-corrected chi connectivity index (χ0v) is 32.8. The van der Waals surface area contributed by atoms with Gasteiger partial charge in [-0.05, 0) is 85.5 Å². The van der Waals surface area contributed by atoms with Crippen molar-refractivity contribution in [1.82, 2.24) is 0 Å². The third-order valence-corrected chi connectivity index (χ3v) is 26.3. The molecule has 0 amide bonds. The van der Waals surface area contributed by atoms with Gasteiger partial charge in [-0.2, -0.15) is 0 Å². The lowest BCUT2D eigenvalue weighted by Gasteiger charge is -2.40. The largest absolute Gasteiger partial charge is 0.482 e.